The number of halogens is 1. The van der Waals surface area contributed by atoms with Crippen molar-refractivity contribution in [1.29, 1.82) is 0 Å². The summed E-state index contributed by atoms with van der Waals surface area (Å²) in [5.74, 6) is 0.103. The van der Waals surface area contributed by atoms with Crippen molar-refractivity contribution < 1.29 is 14.4 Å². The smallest absolute Gasteiger partial charge is 0.260 e. The Kier molecular flexibility index (Phi) is 16.1. The number of nitrogens with zero attached hydrogens (tertiary/aromatic N) is 3. The van der Waals surface area contributed by atoms with Gasteiger partial charge in [0, 0.05) is 62.3 Å². The lowest BCUT2D eigenvalue weighted by Gasteiger charge is -2.38. The summed E-state index contributed by atoms with van der Waals surface area (Å²) in [6.45, 7) is 14.8. The van der Waals surface area contributed by atoms with Gasteiger partial charge in [0.05, 0.1) is 0 Å². The molecule has 2 fully saturated rings. The lowest BCUT2D eigenvalue weighted by molar-refractivity contribution is -0.136. The van der Waals surface area contributed by atoms with E-state index in [1.165, 1.54) is 38.9 Å². The van der Waals surface area contributed by atoms with Crippen molar-refractivity contribution in [2.24, 2.45) is 5.92 Å². The van der Waals surface area contributed by atoms with Gasteiger partial charge in [0.15, 0.2) is 0 Å². The summed E-state index contributed by atoms with van der Waals surface area (Å²) in [7, 11) is 1.45. The molecule has 39 heavy (non-hydrogen) atoms. The predicted molar refractivity (Wildman–Crippen MR) is 163 cm³/mol. The van der Waals surface area contributed by atoms with E-state index in [4.69, 9.17) is 11.6 Å². The van der Waals surface area contributed by atoms with Crippen molar-refractivity contribution in [1.82, 2.24) is 9.80 Å². The number of imide groups is 1. The van der Waals surface area contributed by atoms with Crippen LogP contribution in [-0.4, -0.2) is 60.7 Å². The maximum absolute atomic E-state index is 12.5. The molecule has 0 spiro atoms. The lowest BCUT2D eigenvalue weighted by Crippen LogP contribution is -2.50. The number of benzene rings is 2. The van der Waals surface area contributed by atoms with Crippen LogP contribution in [0.4, 0.5) is 5.69 Å². The minimum atomic E-state index is -0.331. The van der Waals surface area contributed by atoms with Gasteiger partial charge >= 0.3 is 0 Å². The Morgan fingerprint density at radius 2 is 1.41 bits per heavy atom. The topological polar surface area (TPSA) is 60.9 Å². The van der Waals surface area contributed by atoms with E-state index in [1.54, 1.807) is 25.1 Å². The highest BCUT2D eigenvalue weighted by Gasteiger charge is 2.28. The first-order valence-electron chi connectivity index (χ1n) is 14.4. The summed E-state index contributed by atoms with van der Waals surface area (Å²) < 4.78 is 0. The SMILES string of the molecule is CC.CC.CC(=O)N(C)C(=O)c1cc(Cl)ccc1C.O=C(C1CCCCC1)N1CCN(c2ccccc2)CC1. The molecule has 1 saturated carbocycles. The summed E-state index contributed by atoms with van der Waals surface area (Å²) in [6, 6.07) is 15.5. The zero-order valence-corrected chi connectivity index (χ0v) is 25.8. The lowest BCUT2D eigenvalue weighted by atomic mass is 9.88. The molecule has 216 valence electrons. The molecule has 1 aliphatic carbocycles. The summed E-state index contributed by atoms with van der Waals surface area (Å²) >= 11 is 5.79. The Morgan fingerprint density at radius 1 is 0.846 bits per heavy atom. The van der Waals surface area contributed by atoms with Gasteiger partial charge in [-0.25, -0.2) is 0 Å². The molecule has 0 unspecified atom stereocenters. The van der Waals surface area contributed by atoms with Crippen molar-refractivity contribution in [2.75, 3.05) is 38.1 Å². The van der Waals surface area contributed by atoms with Crippen molar-refractivity contribution in [3.05, 3.63) is 64.7 Å². The van der Waals surface area contributed by atoms with Crippen LogP contribution in [0.25, 0.3) is 0 Å². The molecular weight excluding hydrogens is 510 g/mol. The number of carbonyl (C=O) groups excluding carboxylic acids is 3. The first-order chi connectivity index (χ1) is 18.8. The van der Waals surface area contributed by atoms with Crippen LogP contribution in [0.15, 0.2) is 48.5 Å². The molecule has 7 heteroatoms. The Labute approximate surface area is 241 Å². The quantitative estimate of drug-likeness (QED) is 0.399. The number of amides is 3. The highest BCUT2D eigenvalue weighted by Crippen LogP contribution is 2.26. The number of anilines is 1. The van der Waals surface area contributed by atoms with Crippen LogP contribution in [-0.2, 0) is 9.59 Å². The predicted octanol–water partition coefficient (Wildman–Crippen LogP) is 7.23. The molecule has 2 aromatic rings. The molecule has 2 aromatic carbocycles. The second-order valence-electron chi connectivity index (χ2n) is 9.33. The first-order valence-corrected chi connectivity index (χ1v) is 14.8. The Bertz CT molecular complexity index is 1010. The van der Waals surface area contributed by atoms with Crippen LogP contribution < -0.4 is 4.90 Å². The first kappa shape index (κ1) is 34.2. The van der Waals surface area contributed by atoms with Crippen LogP contribution in [0.5, 0.6) is 0 Å². The van der Waals surface area contributed by atoms with Gasteiger partial charge in [0.25, 0.3) is 5.91 Å². The number of rotatable bonds is 3. The van der Waals surface area contributed by atoms with E-state index in [0.717, 1.165) is 49.5 Å². The van der Waals surface area contributed by atoms with Crippen molar-refractivity contribution in [3.8, 4) is 0 Å². The highest BCUT2D eigenvalue weighted by atomic mass is 35.5. The Balaban J connectivity index is 0.000000358. The van der Waals surface area contributed by atoms with Crippen LogP contribution >= 0.6 is 11.6 Å². The van der Waals surface area contributed by atoms with E-state index in [2.05, 4.69) is 34.1 Å². The van der Waals surface area contributed by atoms with E-state index in [1.807, 2.05) is 33.8 Å². The number of hydrogen-bond donors (Lipinski definition) is 0. The van der Waals surface area contributed by atoms with E-state index >= 15 is 0 Å². The number of para-hydroxylation sites is 1. The van der Waals surface area contributed by atoms with Crippen LogP contribution in [0.3, 0.4) is 0 Å². The second-order valence-corrected chi connectivity index (χ2v) is 9.76. The molecule has 6 nitrogen and oxygen atoms in total. The van der Waals surface area contributed by atoms with Crippen molar-refractivity contribution in [3.63, 3.8) is 0 Å². The molecule has 0 atom stereocenters. The van der Waals surface area contributed by atoms with Gasteiger partial charge in [-0.1, -0.05) is 82.8 Å². The van der Waals surface area contributed by atoms with Crippen molar-refractivity contribution >= 4 is 35.0 Å². The number of carbonyl (C=O) groups is 3. The molecule has 1 saturated heterocycles. The normalized spacial score (nSPS) is 14.9. The molecular formula is C32H48ClN3O3. The van der Waals surface area contributed by atoms with Gasteiger partial charge in [0.2, 0.25) is 11.8 Å². The largest absolute Gasteiger partial charge is 0.368 e. The Hall–Kier alpha value is -2.86. The Morgan fingerprint density at radius 3 is 1.95 bits per heavy atom. The highest BCUT2D eigenvalue weighted by molar-refractivity contribution is 6.31. The zero-order chi connectivity index (χ0) is 29.4. The molecule has 0 bridgehead atoms. The van der Waals surface area contributed by atoms with Crippen LogP contribution in [0, 0.1) is 12.8 Å². The van der Waals surface area contributed by atoms with Crippen LogP contribution in [0.2, 0.25) is 5.02 Å². The summed E-state index contributed by atoms with van der Waals surface area (Å²) in [4.78, 5) is 40.9. The molecule has 1 aliphatic heterocycles. The number of hydrogen-bond acceptors (Lipinski definition) is 4. The summed E-state index contributed by atoms with van der Waals surface area (Å²) in [5, 5.41) is 0.487. The van der Waals surface area contributed by atoms with Crippen LogP contribution in [0.1, 0.15) is 82.6 Å². The van der Waals surface area contributed by atoms with E-state index in [0.29, 0.717) is 22.4 Å². The van der Waals surface area contributed by atoms with Crippen molar-refractivity contribution in [2.45, 2.75) is 73.6 Å². The van der Waals surface area contributed by atoms with E-state index < -0.39 is 0 Å². The standard InChI is InChI=1S/C17H24N2O.C11H12ClNO2.2C2H6/c20-17(15-7-3-1-4-8-15)19-13-11-18(12-14-19)16-9-5-2-6-10-16;1-7-4-5-9(12)6-10(7)11(15)13(3)8(2)14;2*1-2/h2,5-6,9-10,15H,1,3-4,7-8,11-14H2;4-6H,1-3H3;2*1-2H3. The second kappa shape index (κ2) is 18.4. The fourth-order valence-electron chi connectivity index (χ4n) is 4.58. The summed E-state index contributed by atoms with van der Waals surface area (Å²) in [6.07, 6.45) is 6.00. The van der Waals surface area contributed by atoms with E-state index in [9.17, 15) is 14.4 Å². The van der Waals surface area contributed by atoms with Gasteiger partial charge in [-0.05, 0) is 49.6 Å². The molecule has 2 aliphatic rings. The third-order valence-corrected chi connectivity index (χ3v) is 7.11. The summed E-state index contributed by atoms with van der Waals surface area (Å²) in [5.41, 5.74) is 2.54. The number of piperazine rings is 1. The van der Waals surface area contributed by atoms with Gasteiger partial charge in [-0.15, -0.1) is 0 Å². The molecule has 3 amide bonds. The molecule has 1 heterocycles. The maximum atomic E-state index is 12.5. The van der Waals surface area contributed by atoms with Gasteiger partial charge in [-0.3, -0.25) is 19.3 Å². The zero-order valence-electron chi connectivity index (χ0n) is 25.0. The molecule has 0 N–H and O–H groups in total. The maximum Gasteiger partial charge on any atom is 0.260 e. The fraction of sp³-hybridized carbons (Fsp3) is 0.531. The minimum absolute atomic E-state index is 0.292. The average Bonchev–Trinajstić information content (AvgIpc) is 3.00. The fourth-order valence-corrected chi connectivity index (χ4v) is 4.75. The number of aryl methyl sites for hydroxylation is 1. The molecule has 4 rings (SSSR count). The monoisotopic (exact) mass is 557 g/mol. The molecule has 0 aromatic heterocycles. The molecule has 0 radical (unpaired) electrons. The minimum Gasteiger partial charge on any atom is -0.368 e. The van der Waals surface area contributed by atoms with Gasteiger partial charge in [-0.2, -0.15) is 0 Å². The average molecular weight is 558 g/mol. The third kappa shape index (κ3) is 10.7. The van der Waals surface area contributed by atoms with Gasteiger partial charge < -0.3 is 9.80 Å². The third-order valence-electron chi connectivity index (χ3n) is 6.87. The van der Waals surface area contributed by atoms with Gasteiger partial charge in [0.1, 0.15) is 0 Å². The van der Waals surface area contributed by atoms with E-state index in [-0.39, 0.29) is 11.8 Å².